The number of nitrogens with zero attached hydrogens (tertiary/aromatic N) is 2. The quantitative estimate of drug-likeness (QED) is 0.897. The number of carbonyl (C=O) groups is 1. The average Bonchev–Trinajstić information content (AvgIpc) is 2.39. The molecular formula is C12H16Cl2N4O. The van der Waals surface area contributed by atoms with Crippen molar-refractivity contribution in [2.45, 2.75) is 12.8 Å². The van der Waals surface area contributed by atoms with Crippen molar-refractivity contribution in [1.29, 1.82) is 0 Å². The van der Waals surface area contributed by atoms with E-state index < -0.39 is 0 Å². The Balaban J connectivity index is 2.17. The third kappa shape index (κ3) is 3.04. The Morgan fingerprint density at radius 3 is 2.58 bits per heavy atom. The van der Waals surface area contributed by atoms with Crippen molar-refractivity contribution in [2.24, 2.45) is 11.7 Å². The maximum absolute atomic E-state index is 11.1. The second-order valence-corrected chi connectivity index (χ2v) is 5.35. The standard InChI is InChI=1S/C12H16Cl2N4O/c1-16-11-8(13)6-9(14)12(17-11)18-4-2-7(3-5-18)10(15)19/h6-7H,2-5H2,1H3,(H2,15,19)(H,16,17). The van der Waals surface area contributed by atoms with Gasteiger partial charge in [-0.05, 0) is 18.9 Å². The summed E-state index contributed by atoms with van der Waals surface area (Å²) in [5, 5.41) is 3.93. The van der Waals surface area contributed by atoms with Crippen LogP contribution in [0.1, 0.15) is 12.8 Å². The summed E-state index contributed by atoms with van der Waals surface area (Å²) in [6.07, 6.45) is 1.45. The Hall–Kier alpha value is -1.20. The van der Waals surface area contributed by atoms with Crippen molar-refractivity contribution in [3.63, 3.8) is 0 Å². The van der Waals surface area contributed by atoms with Gasteiger partial charge in [-0.25, -0.2) is 4.98 Å². The molecule has 104 valence electrons. The minimum Gasteiger partial charge on any atom is -0.372 e. The molecule has 0 spiro atoms. The zero-order valence-corrected chi connectivity index (χ0v) is 12.1. The highest BCUT2D eigenvalue weighted by Gasteiger charge is 2.25. The van der Waals surface area contributed by atoms with Gasteiger partial charge in [0.1, 0.15) is 11.6 Å². The Labute approximate surface area is 122 Å². The number of halogens is 2. The monoisotopic (exact) mass is 302 g/mol. The minimum atomic E-state index is -0.231. The molecule has 0 bridgehead atoms. The van der Waals surface area contributed by atoms with Crippen molar-refractivity contribution < 1.29 is 4.79 Å². The number of aromatic nitrogens is 1. The first-order chi connectivity index (χ1) is 9.02. The van der Waals surface area contributed by atoms with Crippen molar-refractivity contribution in [3.05, 3.63) is 16.1 Å². The van der Waals surface area contributed by atoms with Crippen molar-refractivity contribution in [2.75, 3.05) is 30.4 Å². The zero-order chi connectivity index (χ0) is 14.0. The van der Waals surface area contributed by atoms with Crippen LogP contribution in [-0.2, 0) is 4.79 Å². The number of anilines is 2. The number of hydrogen-bond acceptors (Lipinski definition) is 4. The van der Waals surface area contributed by atoms with E-state index in [1.165, 1.54) is 0 Å². The molecular weight excluding hydrogens is 287 g/mol. The fourth-order valence-corrected chi connectivity index (χ4v) is 2.80. The molecule has 7 heteroatoms. The fourth-order valence-electron chi connectivity index (χ4n) is 2.23. The highest BCUT2D eigenvalue weighted by Crippen LogP contribution is 2.33. The van der Waals surface area contributed by atoms with E-state index in [0.29, 0.717) is 34.8 Å². The number of amides is 1. The van der Waals surface area contributed by atoms with E-state index >= 15 is 0 Å². The van der Waals surface area contributed by atoms with Gasteiger partial charge in [-0.3, -0.25) is 4.79 Å². The molecule has 1 aliphatic heterocycles. The summed E-state index contributed by atoms with van der Waals surface area (Å²) >= 11 is 12.2. The van der Waals surface area contributed by atoms with Gasteiger partial charge in [0.2, 0.25) is 5.91 Å². The number of nitrogens with one attached hydrogen (secondary N) is 1. The summed E-state index contributed by atoms with van der Waals surface area (Å²) in [7, 11) is 1.76. The predicted octanol–water partition coefficient (Wildman–Crippen LogP) is 2.13. The van der Waals surface area contributed by atoms with Gasteiger partial charge in [0, 0.05) is 26.1 Å². The highest BCUT2D eigenvalue weighted by molar-refractivity contribution is 6.37. The van der Waals surface area contributed by atoms with E-state index in [1.54, 1.807) is 13.1 Å². The van der Waals surface area contributed by atoms with Crippen molar-refractivity contribution in [3.8, 4) is 0 Å². The second-order valence-electron chi connectivity index (χ2n) is 4.54. The summed E-state index contributed by atoms with van der Waals surface area (Å²) in [6, 6.07) is 1.68. The van der Waals surface area contributed by atoms with Crippen LogP contribution in [-0.4, -0.2) is 31.0 Å². The molecule has 2 heterocycles. The van der Waals surface area contributed by atoms with E-state index in [9.17, 15) is 4.79 Å². The van der Waals surface area contributed by atoms with Gasteiger partial charge in [0.15, 0.2) is 0 Å². The van der Waals surface area contributed by atoms with Gasteiger partial charge in [-0.15, -0.1) is 0 Å². The number of pyridine rings is 1. The molecule has 19 heavy (non-hydrogen) atoms. The number of primary amides is 1. The van der Waals surface area contributed by atoms with Gasteiger partial charge in [-0.1, -0.05) is 23.2 Å². The third-order valence-electron chi connectivity index (χ3n) is 3.34. The van der Waals surface area contributed by atoms with E-state index in [4.69, 9.17) is 28.9 Å². The number of rotatable bonds is 3. The highest BCUT2D eigenvalue weighted by atomic mass is 35.5. The van der Waals surface area contributed by atoms with E-state index in [0.717, 1.165) is 12.8 Å². The molecule has 1 aromatic rings. The van der Waals surface area contributed by atoms with Crippen LogP contribution < -0.4 is 16.0 Å². The summed E-state index contributed by atoms with van der Waals surface area (Å²) in [4.78, 5) is 17.6. The molecule has 0 aromatic carbocycles. The van der Waals surface area contributed by atoms with E-state index in [-0.39, 0.29) is 11.8 Å². The topological polar surface area (TPSA) is 71.2 Å². The SMILES string of the molecule is CNc1nc(N2CCC(C(N)=O)CC2)c(Cl)cc1Cl. The van der Waals surface area contributed by atoms with Gasteiger partial charge in [0.25, 0.3) is 0 Å². The molecule has 1 amide bonds. The number of nitrogens with two attached hydrogens (primary N) is 1. The molecule has 1 aromatic heterocycles. The summed E-state index contributed by atoms with van der Waals surface area (Å²) in [5.74, 6) is 1.01. The fraction of sp³-hybridized carbons (Fsp3) is 0.500. The molecule has 1 aliphatic rings. The zero-order valence-electron chi connectivity index (χ0n) is 10.6. The number of hydrogen-bond donors (Lipinski definition) is 2. The Morgan fingerprint density at radius 1 is 1.42 bits per heavy atom. The molecule has 1 saturated heterocycles. The molecule has 0 unspecified atom stereocenters. The van der Waals surface area contributed by atoms with Crippen LogP contribution in [0, 0.1) is 5.92 Å². The Kier molecular flexibility index (Phi) is 4.37. The normalized spacial score (nSPS) is 16.5. The second kappa shape index (κ2) is 5.84. The Bertz CT molecular complexity index is 487. The average molecular weight is 303 g/mol. The molecule has 1 fully saturated rings. The largest absolute Gasteiger partial charge is 0.372 e. The maximum atomic E-state index is 11.1. The molecule has 5 nitrogen and oxygen atoms in total. The lowest BCUT2D eigenvalue weighted by Crippen LogP contribution is -2.39. The summed E-state index contributed by atoms with van der Waals surface area (Å²) in [6.45, 7) is 1.43. The van der Waals surface area contributed by atoms with Crippen LogP contribution in [0.25, 0.3) is 0 Å². The molecule has 0 saturated carbocycles. The van der Waals surface area contributed by atoms with Crippen LogP contribution >= 0.6 is 23.2 Å². The van der Waals surface area contributed by atoms with Gasteiger partial charge in [0.05, 0.1) is 10.0 Å². The molecule has 2 rings (SSSR count). The van der Waals surface area contributed by atoms with Gasteiger partial charge < -0.3 is 16.0 Å². The number of carbonyl (C=O) groups excluding carboxylic acids is 1. The van der Waals surface area contributed by atoms with Crippen molar-refractivity contribution >= 4 is 40.7 Å². The van der Waals surface area contributed by atoms with Gasteiger partial charge >= 0.3 is 0 Å². The van der Waals surface area contributed by atoms with Crippen LogP contribution in [0.3, 0.4) is 0 Å². The first-order valence-corrected chi connectivity index (χ1v) is 6.86. The molecule has 0 aliphatic carbocycles. The van der Waals surface area contributed by atoms with Crippen LogP contribution in [0.15, 0.2) is 6.07 Å². The van der Waals surface area contributed by atoms with Gasteiger partial charge in [-0.2, -0.15) is 0 Å². The first-order valence-electron chi connectivity index (χ1n) is 6.11. The van der Waals surface area contributed by atoms with Crippen LogP contribution in [0.5, 0.6) is 0 Å². The lowest BCUT2D eigenvalue weighted by atomic mass is 9.96. The predicted molar refractivity (Wildman–Crippen MR) is 77.9 cm³/mol. The molecule has 0 radical (unpaired) electrons. The first kappa shape index (κ1) is 14.2. The molecule has 0 atom stereocenters. The smallest absolute Gasteiger partial charge is 0.220 e. The van der Waals surface area contributed by atoms with E-state index in [1.807, 2.05) is 0 Å². The lowest BCUT2D eigenvalue weighted by molar-refractivity contribution is -0.122. The van der Waals surface area contributed by atoms with Crippen LogP contribution in [0.4, 0.5) is 11.6 Å². The summed E-state index contributed by atoms with van der Waals surface area (Å²) in [5.41, 5.74) is 5.32. The maximum Gasteiger partial charge on any atom is 0.220 e. The van der Waals surface area contributed by atoms with E-state index in [2.05, 4.69) is 15.2 Å². The third-order valence-corrected chi connectivity index (χ3v) is 3.91. The van der Waals surface area contributed by atoms with Crippen molar-refractivity contribution in [1.82, 2.24) is 4.98 Å². The summed E-state index contributed by atoms with van der Waals surface area (Å²) < 4.78 is 0. The number of piperidine rings is 1. The lowest BCUT2D eigenvalue weighted by Gasteiger charge is -2.32. The van der Waals surface area contributed by atoms with Crippen LogP contribution in [0.2, 0.25) is 10.0 Å². The molecule has 3 N–H and O–H groups in total. The Morgan fingerprint density at radius 2 is 2.05 bits per heavy atom. The minimum absolute atomic E-state index is 0.0499.